The molecule has 2 aromatic heterocycles. The van der Waals surface area contributed by atoms with E-state index in [1.54, 1.807) is 48.7 Å². The summed E-state index contributed by atoms with van der Waals surface area (Å²) in [6.07, 6.45) is 3.71. The van der Waals surface area contributed by atoms with Crippen molar-refractivity contribution < 1.29 is 33.0 Å². The average molecular weight is 598 g/mol. The summed E-state index contributed by atoms with van der Waals surface area (Å²) < 4.78 is 32.0. The largest absolute Gasteiger partial charge is 0.496 e. The van der Waals surface area contributed by atoms with Gasteiger partial charge in [-0.2, -0.15) is 0 Å². The van der Waals surface area contributed by atoms with Crippen LogP contribution in [0.3, 0.4) is 0 Å². The third-order valence-corrected chi connectivity index (χ3v) is 7.39. The lowest BCUT2D eigenvalue weighted by Crippen LogP contribution is -2.45. The number of hydrogen-bond acceptors (Lipinski definition) is 8. The molecule has 1 fully saturated rings. The number of aromatic nitrogens is 2. The van der Waals surface area contributed by atoms with Crippen LogP contribution in [0.2, 0.25) is 0 Å². The van der Waals surface area contributed by atoms with Crippen LogP contribution in [0.25, 0.3) is 11.1 Å². The fourth-order valence-corrected chi connectivity index (χ4v) is 5.14. The van der Waals surface area contributed by atoms with E-state index in [2.05, 4.69) is 20.6 Å². The van der Waals surface area contributed by atoms with E-state index >= 15 is 0 Å². The van der Waals surface area contributed by atoms with Crippen LogP contribution in [-0.2, 0) is 11.3 Å². The van der Waals surface area contributed by atoms with Gasteiger partial charge in [-0.3, -0.25) is 19.4 Å². The second-order valence-corrected chi connectivity index (χ2v) is 10.3. The molecule has 6 bridgehead atoms. The summed E-state index contributed by atoms with van der Waals surface area (Å²) >= 11 is 0. The number of hydrogen-bond donors (Lipinski definition) is 2. The van der Waals surface area contributed by atoms with Crippen molar-refractivity contribution in [3.63, 3.8) is 0 Å². The maximum atomic E-state index is 14.4. The lowest BCUT2D eigenvalue weighted by Gasteiger charge is -2.22. The Morgan fingerprint density at radius 1 is 1.00 bits per heavy atom. The van der Waals surface area contributed by atoms with Gasteiger partial charge in [-0.1, -0.05) is 12.1 Å². The Bertz CT molecular complexity index is 1730. The van der Waals surface area contributed by atoms with Gasteiger partial charge in [0.2, 0.25) is 0 Å². The number of fused-ring (bicyclic) bond motifs is 7. The molecule has 2 N–H and O–H groups in total. The lowest BCUT2D eigenvalue weighted by molar-refractivity contribution is -0.123. The van der Waals surface area contributed by atoms with E-state index < -0.39 is 29.8 Å². The third kappa shape index (κ3) is 6.14. The van der Waals surface area contributed by atoms with Gasteiger partial charge in [-0.25, -0.2) is 9.37 Å². The van der Waals surface area contributed by atoms with Gasteiger partial charge in [0.25, 0.3) is 17.7 Å². The normalized spacial score (nSPS) is 18.3. The molecule has 1 saturated heterocycles. The standard InChI is InChI=1S/C32H28FN5O6/c1-42-27-12-24-8-7-20(27)15-36-29(39)18-43-23-5-2-4-19(11-23)21-10-22(14-34-13-21)31(40)37-26-16-38(17-28(26)44-24)32(41)30-25(33)6-3-9-35-30/h2-14,26,28H,15-18H2,1H3,(H,36,39)(H,37,40)/t26-,28-/m0/s1. The van der Waals surface area contributed by atoms with E-state index in [4.69, 9.17) is 14.2 Å². The van der Waals surface area contributed by atoms with E-state index in [1.807, 2.05) is 6.07 Å². The topological polar surface area (TPSA) is 132 Å². The van der Waals surface area contributed by atoms with Gasteiger partial charge in [0.05, 0.1) is 25.3 Å². The summed E-state index contributed by atoms with van der Waals surface area (Å²) in [6.45, 7) is 0.0997. The van der Waals surface area contributed by atoms with Crippen molar-refractivity contribution >= 4 is 17.7 Å². The maximum Gasteiger partial charge on any atom is 0.275 e. The number of likely N-dealkylation sites (tertiary alicyclic amines) is 1. The summed E-state index contributed by atoms with van der Waals surface area (Å²) in [5.41, 5.74) is 2.07. The molecule has 3 aliphatic rings. The third-order valence-electron chi connectivity index (χ3n) is 7.39. The highest BCUT2D eigenvalue weighted by molar-refractivity contribution is 5.96. The highest BCUT2D eigenvalue weighted by Crippen LogP contribution is 2.29. The fraction of sp³-hybridized carbons (Fsp3) is 0.219. The number of amides is 3. The number of nitrogens with zero attached hydrogens (tertiary/aromatic N) is 3. The summed E-state index contributed by atoms with van der Waals surface area (Å²) in [5.74, 6) is -0.748. The van der Waals surface area contributed by atoms with Crippen LogP contribution in [0, 0.1) is 5.82 Å². The van der Waals surface area contributed by atoms with Crippen molar-refractivity contribution in [1.29, 1.82) is 0 Å². The molecule has 44 heavy (non-hydrogen) atoms. The Morgan fingerprint density at radius 2 is 1.86 bits per heavy atom. The Kier molecular flexibility index (Phi) is 8.04. The van der Waals surface area contributed by atoms with Gasteiger partial charge in [0.15, 0.2) is 18.1 Å². The van der Waals surface area contributed by atoms with Crippen LogP contribution >= 0.6 is 0 Å². The Hall–Kier alpha value is -5.52. The molecule has 5 heterocycles. The van der Waals surface area contributed by atoms with Crippen molar-refractivity contribution in [2.75, 3.05) is 26.8 Å². The minimum atomic E-state index is -0.740. The highest BCUT2D eigenvalue weighted by Gasteiger charge is 2.39. The number of ether oxygens (including phenoxy) is 3. The number of nitrogens with one attached hydrogen (secondary N) is 2. The first kappa shape index (κ1) is 28.6. The Morgan fingerprint density at radius 3 is 2.70 bits per heavy atom. The van der Waals surface area contributed by atoms with Gasteiger partial charge in [-0.05, 0) is 48.0 Å². The van der Waals surface area contributed by atoms with Gasteiger partial charge in [-0.15, -0.1) is 0 Å². The van der Waals surface area contributed by atoms with Crippen LogP contribution in [0.4, 0.5) is 4.39 Å². The molecule has 0 unspecified atom stereocenters. The van der Waals surface area contributed by atoms with Crippen molar-refractivity contribution in [3.05, 3.63) is 102 Å². The molecule has 3 aliphatic heterocycles. The smallest absolute Gasteiger partial charge is 0.275 e. The van der Waals surface area contributed by atoms with Crippen molar-refractivity contribution in [3.8, 4) is 28.4 Å². The first-order valence-electron chi connectivity index (χ1n) is 13.9. The minimum Gasteiger partial charge on any atom is -0.496 e. The molecule has 3 amide bonds. The van der Waals surface area contributed by atoms with Crippen LogP contribution < -0.4 is 24.8 Å². The molecule has 0 aliphatic carbocycles. The second kappa shape index (κ2) is 12.4. The number of carbonyl (C=O) groups excluding carboxylic acids is 3. The Balaban J connectivity index is 1.35. The number of methoxy groups -OCH3 is 1. The molecule has 11 nitrogen and oxygen atoms in total. The number of carbonyl (C=O) groups is 3. The van der Waals surface area contributed by atoms with Gasteiger partial charge >= 0.3 is 0 Å². The van der Waals surface area contributed by atoms with Crippen molar-refractivity contribution in [2.45, 2.75) is 18.7 Å². The van der Waals surface area contributed by atoms with E-state index in [1.165, 1.54) is 36.5 Å². The molecular weight excluding hydrogens is 569 g/mol. The number of benzene rings is 2. The number of halogens is 1. The van der Waals surface area contributed by atoms with Crippen LogP contribution in [0.15, 0.2) is 79.3 Å². The molecule has 2 aromatic carbocycles. The SMILES string of the molecule is COc1cc2ccc1CNC(=O)COc1cccc(c1)-c1cncc(c1)C(=O)N[C@H]1CN(C(=O)c3ncccc3F)C[C@@H]1O2. The molecule has 224 valence electrons. The van der Waals surface area contributed by atoms with Crippen LogP contribution in [0.1, 0.15) is 26.4 Å². The molecule has 4 aromatic rings. The number of pyridine rings is 2. The fourth-order valence-electron chi connectivity index (χ4n) is 5.14. The van der Waals surface area contributed by atoms with Crippen LogP contribution in [0.5, 0.6) is 17.2 Å². The van der Waals surface area contributed by atoms with E-state index in [-0.39, 0.29) is 43.4 Å². The van der Waals surface area contributed by atoms with E-state index in [0.29, 0.717) is 28.4 Å². The first-order valence-corrected chi connectivity index (χ1v) is 13.9. The lowest BCUT2D eigenvalue weighted by atomic mass is 10.1. The minimum absolute atomic E-state index is 0.0546. The van der Waals surface area contributed by atoms with Crippen LogP contribution in [-0.4, -0.2) is 71.5 Å². The quantitative estimate of drug-likeness (QED) is 0.361. The maximum absolute atomic E-state index is 14.4. The second-order valence-electron chi connectivity index (χ2n) is 10.3. The molecule has 2 atom stereocenters. The zero-order valence-electron chi connectivity index (χ0n) is 23.7. The van der Waals surface area contributed by atoms with Gasteiger partial charge in [0, 0.05) is 48.9 Å². The summed E-state index contributed by atoms with van der Waals surface area (Å²) in [4.78, 5) is 48.9. The zero-order valence-corrected chi connectivity index (χ0v) is 23.7. The molecule has 7 rings (SSSR count). The van der Waals surface area contributed by atoms with E-state index in [9.17, 15) is 18.8 Å². The van der Waals surface area contributed by atoms with Crippen molar-refractivity contribution in [1.82, 2.24) is 25.5 Å². The monoisotopic (exact) mass is 597 g/mol. The van der Waals surface area contributed by atoms with E-state index in [0.717, 1.165) is 5.56 Å². The Labute approximate surface area is 252 Å². The first-order chi connectivity index (χ1) is 21.4. The summed E-state index contributed by atoms with van der Waals surface area (Å²) in [6, 6.07) is 15.8. The molecule has 12 heteroatoms. The van der Waals surface area contributed by atoms with Gasteiger partial charge < -0.3 is 29.7 Å². The summed E-state index contributed by atoms with van der Waals surface area (Å²) in [7, 11) is 1.50. The number of rotatable bonds is 2. The predicted molar refractivity (Wildman–Crippen MR) is 156 cm³/mol. The highest BCUT2D eigenvalue weighted by atomic mass is 19.1. The summed E-state index contributed by atoms with van der Waals surface area (Å²) in [5, 5.41) is 5.80. The molecule has 0 spiro atoms. The predicted octanol–water partition coefficient (Wildman–Crippen LogP) is 3.00. The van der Waals surface area contributed by atoms with Gasteiger partial charge in [0.1, 0.15) is 23.4 Å². The molecular formula is C32H28FN5O6. The van der Waals surface area contributed by atoms with Crippen molar-refractivity contribution in [2.24, 2.45) is 0 Å². The zero-order chi connectivity index (χ0) is 30.6. The molecule has 0 radical (unpaired) electrons. The average Bonchev–Trinajstić information content (AvgIpc) is 3.44. The molecule has 0 saturated carbocycles.